The molecular weight excluding hydrogens is 356 g/mol. The van der Waals surface area contributed by atoms with Gasteiger partial charge < -0.3 is 10.2 Å². The van der Waals surface area contributed by atoms with Gasteiger partial charge in [0.1, 0.15) is 0 Å². The van der Waals surface area contributed by atoms with Crippen LogP contribution in [0.4, 0.5) is 0 Å². The van der Waals surface area contributed by atoms with Gasteiger partial charge in [0.05, 0.1) is 29.6 Å². The van der Waals surface area contributed by atoms with Crippen molar-refractivity contribution in [1.29, 1.82) is 0 Å². The molecule has 1 heterocycles. The summed E-state index contributed by atoms with van der Waals surface area (Å²) in [7, 11) is 1.81. The molecule has 0 bridgehead atoms. The molecule has 21 heavy (non-hydrogen) atoms. The molecule has 4 nitrogen and oxygen atoms in total. The maximum atomic E-state index is 9.92. The molecule has 0 amide bonds. The third-order valence-electron chi connectivity index (χ3n) is 3.81. The van der Waals surface area contributed by atoms with Gasteiger partial charge in [-0.1, -0.05) is 39.7 Å². The molecule has 1 aromatic carbocycles. The largest absolute Gasteiger partial charge is 0.395 e. The molecule has 0 saturated heterocycles. The second kappa shape index (κ2) is 6.48. The van der Waals surface area contributed by atoms with Crippen LogP contribution >= 0.6 is 27.5 Å². The van der Waals surface area contributed by atoms with Crippen molar-refractivity contribution in [3.05, 3.63) is 50.7 Å². The number of rotatable bonds is 5. The van der Waals surface area contributed by atoms with Gasteiger partial charge in [-0.05, 0) is 24.6 Å². The van der Waals surface area contributed by atoms with Gasteiger partial charge in [-0.25, -0.2) is 0 Å². The standard InChI is InChI=1S/C15H18BrClN2O2/c1-10-14(17)13(19(2)18-10)7-15(8-20,9-21)11-4-3-5-12(16)6-11/h3-6,20-21H,7-9H2,1-2H3. The van der Waals surface area contributed by atoms with Crippen molar-refractivity contribution in [1.82, 2.24) is 9.78 Å². The zero-order chi connectivity index (χ0) is 15.6. The Bertz CT molecular complexity index is 639. The number of halogens is 2. The smallest absolute Gasteiger partial charge is 0.0847 e. The fraction of sp³-hybridized carbons (Fsp3) is 0.400. The monoisotopic (exact) mass is 372 g/mol. The van der Waals surface area contributed by atoms with Gasteiger partial charge in [-0.3, -0.25) is 4.68 Å². The third-order valence-corrected chi connectivity index (χ3v) is 4.79. The van der Waals surface area contributed by atoms with E-state index in [-0.39, 0.29) is 13.2 Å². The highest BCUT2D eigenvalue weighted by molar-refractivity contribution is 9.10. The summed E-state index contributed by atoms with van der Waals surface area (Å²) in [6, 6.07) is 7.59. The zero-order valence-corrected chi connectivity index (χ0v) is 14.3. The predicted molar refractivity (Wildman–Crippen MR) is 86.7 cm³/mol. The first-order valence-electron chi connectivity index (χ1n) is 6.59. The van der Waals surface area contributed by atoms with E-state index in [1.165, 1.54) is 0 Å². The lowest BCUT2D eigenvalue weighted by Crippen LogP contribution is -2.38. The van der Waals surface area contributed by atoms with Crippen LogP contribution in [0.1, 0.15) is 17.0 Å². The van der Waals surface area contributed by atoms with E-state index in [1.54, 1.807) is 4.68 Å². The summed E-state index contributed by atoms with van der Waals surface area (Å²) >= 11 is 9.72. The van der Waals surface area contributed by atoms with Crippen LogP contribution < -0.4 is 0 Å². The van der Waals surface area contributed by atoms with E-state index in [0.717, 1.165) is 21.4 Å². The van der Waals surface area contributed by atoms with Crippen molar-refractivity contribution < 1.29 is 10.2 Å². The Morgan fingerprint density at radius 3 is 2.48 bits per heavy atom. The number of aliphatic hydroxyl groups is 2. The maximum absolute atomic E-state index is 9.92. The number of aliphatic hydroxyl groups excluding tert-OH is 2. The van der Waals surface area contributed by atoms with Crippen LogP contribution in [0, 0.1) is 6.92 Å². The highest BCUT2D eigenvalue weighted by Crippen LogP contribution is 2.32. The Balaban J connectivity index is 2.48. The Morgan fingerprint density at radius 1 is 1.33 bits per heavy atom. The first-order chi connectivity index (χ1) is 9.93. The SMILES string of the molecule is Cc1nn(C)c(CC(CO)(CO)c2cccc(Br)c2)c1Cl. The average Bonchev–Trinajstić information content (AvgIpc) is 2.70. The normalized spacial score (nSPS) is 11.9. The summed E-state index contributed by atoms with van der Waals surface area (Å²) in [5.41, 5.74) is 1.61. The lowest BCUT2D eigenvalue weighted by atomic mass is 9.78. The summed E-state index contributed by atoms with van der Waals surface area (Å²) < 4.78 is 2.61. The molecular formula is C15H18BrClN2O2. The molecule has 0 atom stereocenters. The number of hydrogen-bond acceptors (Lipinski definition) is 3. The van der Waals surface area contributed by atoms with E-state index in [1.807, 2.05) is 38.2 Å². The van der Waals surface area contributed by atoms with Crippen LogP contribution in [0.2, 0.25) is 5.02 Å². The quantitative estimate of drug-likeness (QED) is 0.847. The van der Waals surface area contributed by atoms with Crippen molar-refractivity contribution in [2.45, 2.75) is 18.8 Å². The molecule has 0 aliphatic carbocycles. The van der Waals surface area contributed by atoms with Crippen molar-refractivity contribution in [3.8, 4) is 0 Å². The minimum absolute atomic E-state index is 0.180. The molecule has 0 fully saturated rings. The van der Waals surface area contributed by atoms with E-state index in [9.17, 15) is 10.2 Å². The second-order valence-electron chi connectivity index (χ2n) is 5.25. The summed E-state index contributed by atoms with van der Waals surface area (Å²) in [4.78, 5) is 0. The summed E-state index contributed by atoms with van der Waals surface area (Å²) in [5, 5.41) is 24.7. The molecule has 0 aliphatic rings. The van der Waals surface area contributed by atoms with Gasteiger partial charge in [0, 0.05) is 23.4 Å². The molecule has 2 rings (SSSR count). The Hall–Kier alpha value is -0.880. The predicted octanol–water partition coefficient (Wildman–Crippen LogP) is 2.61. The molecule has 0 saturated carbocycles. The van der Waals surface area contributed by atoms with Crippen LogP contribution in [0.25, 0.3) is 0 Å². The number of aryl methyl sites for hydroxylation is 2. The molecule has 2 N–H and O–H groups in total. The molecule has 6 heteroatoms. The van der Waals surface area contributed by atoms with E-state index in [0.29, 0.717) is 11.4 Å². The van der Waals surface area contributed by atoms with E-state index >= 15 is 0 Å². The van der Waals surface area contributed by atoms with E-state index < -0.39 is 5.41 Å². The molecule has 2 aromatic rings. The molecule has 0 aliphatic heterocycles. The highest BCUT2D eigenvalue weighted by atomic mass is 79.9. The van der Waals surface area contributed by atoms with Crippen molar-refractivity contribution >= 4 is 27.5 Å². The molecule has 1 aromatic heterocycles. The topological polar surface area (TPSA) is 58.3 Å². The molecule has 0 spiro atoms. The van der Waals surface area contributed by atoms with Gasteiger partial charge >= 0.3 is 0 Å². The van der Waals surface area contributed by atoms with E-state index in [2.05, 4.69) is 21.0 Å². The van der Waals surface area contributed by atoms with Crippen LogP contribution in [-0.2, 0) is 18.9 Å². The van der Waals surface area contributed by atoms with E-state index in [4.69, 9.17) is 11.6 Å². The number of aromatic nitrogens is 2. The minimum atomic E-state index is -0.798. The van der Waals surface area contributed by atoms with Gasteiger partial charge in [-0.2, -0.15) is 5.10 Å². The van der Waals surface area contributed by atoms with Gasteiger partial charge in [-0.15, -0.1) is 0 Å². The number of nitrogens with zero attached hydrogens (tertiary/aromatic N) is 2. The summed E-state index contributed by atoms with van der Waals surface area (Å²) in [6.07, 6.45) is 0.409. The van der Waals surface area contributed by atoms with Crippen molar-refractivity contribution in [2.75, 3.05) is 13.2 Å². The lowest BCUT2D eigenvalue weighted by molar-refractivity contribution is 0.114. The van der Waals surface area contributed by atoms with Crippen LogP contribution in [0.15, 0.2) is 28.7 Å². The van der Waals surface area contributed by atoms with Crippen molar-refractivity contribution in [3.63, 3.8) is 0 Å². The van der Waals surface area contributed by atoms with Gasteiger partial charge in [0.15, 0.2) is 0 Å². The third kappa shape index (κ3) is 3.16. The number of hydrogen-bond donors (Lipinski definition) is 2. The fourth-order valence-corrected chi connectivity index (χ4v) is 3.08. The minimum Gasteiger partial charge on any atom is -0.395 e. The lowest BCUT2D eigenvalue weighted by Gasteiger charge is -2.30. The Morgan fingerprint density at radius 2 is 2.00 bits per heavy atom. The highest BCUT2D eigenvalue weighted by Gasteiger charge is 2.34. The zero-order valence-electron chi connectivity index (χ0n) is 12.0. The fourth-order valence-electron chi connectivity index (χ4n) is 2.46. The molecule has 114 valence electrons. The molecule has 0 radical (unpaired) electrons. The summed E-state index contributed by atoms with van der Waals surface area (Å²) in [5.74, 6) is 0. The maximum Gasteiger partial charge on any atom is 0.0847 e. The Labute approximate surface area is 137 Å². The first kappa shape index (κ1) is 16.5. The van der Waals surface area contributed by atoms with Crippen LogP contribution in [0.3, 0.4) is 0 Å². The van der Waals surface area contributed by atoms with Gasteiger partial charge in [0.2, 0.25) is 0 Å². The average molecular weight is 374 g/mol. The second-order valence-corrected chi connectivity index (χ2v) is 6.55. The molecule has 0 unspecified atom stereocenters. The van der Waals surface area contributed by atoms with Crippen molar-refractivity contribution in [2.24, 2.45) is 7.05 Å². The first-order valence-corrected chi connectivity index (χ1v) is 7.76. The number of benzene rings is 1. The van der Waals surface area contributed by atoms with Gasteiger partial charge in [0.25, 0.3) is 0 Å². The Kier molecular flexibility index (Phi) is 5.09. The van der Waals surface area contributed by atoms with Crippen LogP contribution in [0.5, 0.6) is 0 Å². The summed E-state index contributed by atoms with van der Waals surface area (Å²) in [6.45, 7) is 1.48. The van der Waals surface area contributed by atoms with Crippen LogP contribution in [-0.4, -0.2) is 33.2 Å².